The Bertz CT molecular complexity index is 452. The van der Waals surface area contributed by atoms with E-state index in [4.69, 9.17) is 0 Å². The second kappa shape index (κ2) is 5.16. The van der Waals surface area contributed by atoms with E-state index in [9.17, 15) is 39.5 Å². The summed E-state index contributed by atoms with van der Waals surface area (Å²) in [4.78, 5) is 0. The SMILES string of the molecule is FC(F)(F)C(F)(F)C(F)(F)C(F)(F)[AsH]c1ccccc1. The van der Waals surface area contributed by atoms with Crippen LogP contribution in [0.5, 0.6) is 0 Å². The molecule has 0 saturated carbocycles. The molecule has 0 saturated heterocycles. The average molecular weight is 372 g/mol. The van der Waals surface area contributed by atoms with Gasteiger partial charge in [0.05, 0.1) is 0 Å². The fourth-order valence-electron chi connectivity index (χ4n) is 1.16. The maximum atomic E-state index is 13.2. The van der Waals surface area contributed by atoms with Crippen LogP contribution < -0.4 is 4.35 Å². The second-order valence-corrected chi connectivity index (χ2v) is 6.77. The summed E-state index contributed by atoms with van der Waals surface area (Å²) in [6.45, 7) is 0. The Morgan fingerprint density at radius 2 is 1.10 bits per heavy atom. The first-order valence-corrected chi connectivity index (χ1v) is 6.96. The van der Waals surface area contributed by atoms with Crippen molar-refractivity contribution >= 4 is 20.1 Å². The van der Waals surface area contributed by atoms with Gasteiger partial charge in [-0.05, 0) is 0 Å². The van der Waals surface area contributed by atoms with Gasteiger partial charge in [-0.15, -0.1) is 0 Å². The first kappa shape index (κ1) is 17.2. The van der Waals surface area contributed by atoms with Crippen LogP contribution in [0.25, 0.3) is 0 Å². The molecule has 0 radical (unpaired) electrons. The van der Waals surface area contributed by atoms with Gasteiger partial charge in [-0.1, -0.05) is 0 Å². The van der Waals surface area contributed by atoms with Crippen LogP contribution >= 0.6 is 0 Å². The fourth-order valence-corrected chi connectivity index (χ4v) is 3.33. The van der Waals surface area contributed by atoms with Crippen LogP contribution in [0.4, 0.5) is 39.5 Å². The van der Waals surface area contributed by atoms with Gasteiger partial charge in [-0.2, -0.15) is 0 Å². The zero-order valence-electron chi connectivity index (χ0n) is 9.29. The van der Waals surface area contributed by atoms with Crippen molar-refractivity contribution in [1.29, 1.82) is 0 Å². The quantitative estimate of drug-likeness (QED) is 0.563. The van der Waals surface area contributed by atoms with Gasteiger partial charge in [0.2, 0.25) is 0 Å². The van der Waals surface area contributed by atoms with E-state index in [0.717, 1.165) is 12.1 Å². The minimum atomic E-state index is -6.80. The van der Waals surface area contributed by atoms with Crippen molar-refractivity contribution in [3.8, 4) is 0 Å². The van der Waals surface area contributed by atoms with Crippen molar-refractivity contribution < 1.29 is 39.5 Å². The molecule has 1 aromatic carbocycles. The van der Waals surface area contributed by atoms with Crippen molar-refractivity contribution in [2.75, 3.05) is 0 Å². The summed E-state index contributed by atoms with van der Waals surface area (Å²) < 4.78 is 107. The Morgan fingerprint density at radius 3 is 1.50 bits per heavy atom. The molecule has 0 aliphatic heterocycles. The van der Waals surface area contributed by atoms with E-state index in [-0.39, 0.29) is 4.35 Å². The van der Waals surface area contributed by atoms with Crippen molar-refractivity contribution in [1.82, 2.24) is 0 Å². The monoisotopic (exact) mass is 372 g/mol. The molecule has 1 unspecified atom stereocenters. The van der Waals surface area contributed by atoms with Crippen LogP contribution in [0.1, 0.15) is 0 Å². The Hall–Kier alpha value is -0.852. The van der Waals surface area contributed by atoms with Gasteiger partial charge in [0.25, 0.3) is 0 Å². The summed E-state index contributed by atoms with van der Waals surface area (Å²) in [6.07, 6.45) is -6.76. The maximum absolute atomic E-state index is 13.2. The molecular formula is C10H6AsF9. The Labute approximate surface area is 113 Å². The third-order valence-electron chi connectivity index (χ3n) is 2.22. The average Bonchev–Trinajstić information content (AvgIpc) is 2.27. The van der Waals surface area contributed by atoms with E-state index in [1.54, 1.807) is 0 Å². The van der Waals surface area contributed by atoms with Gasteiger partial charge in [0, 0.05) is 0 Å². The molecule has 0 aliphatic carbocycles. The molecule has 0 amide bonds. The molecule has 10 heteroatoms. The van der Waals surface area contributed by atoms with E-state index >= 15 is 0 Å². The predicted octanol–water partition coefficient (Wildman–Crippen LogP) is 3.17. The van der Waals surface area contributed by atoms with Crippen LogP contribution in [-0.2, 0) is 0 Å². The molecule has 0 spiro atoms. The molecule has 0 heterocycles. The van der Waals surface area contributed by atoms with Gasteiger partial charge in [0.1, 0.15) is 0 Å². The zero-order chi connectivity index (χ0) is 15.8. The Morgan fingerprint density at radius 1 is 0.650 bits per heavy atom. The number of hydrogen-bond donors (Lipinski definition) is 0. The Kier molecular flexibility index (Phi) is 4.44. The summed E-state index contributed by atoms with van der Waals surface area (Å²) in [5.41, 5.74) is 0. The molecule has 0 aliphatic rings. The molecule has 0 bridgehead atoms. The van der Waals surface area contributed by atoms with Crippen LogP contribution in [0.3, 0.4) is 0 Å². The van der Waals surface area contributed by atoms with E-state index in [0.29, 0.717) is 0 Å². The number of benzene rings is 1. The third kappa shape index (κ3) is 2.92. The topological polar surface area (TPSA) is 0 Å². The van der Waals surface area contributed by atoms with E-state index in [2.05, 4.69) is 0 Å². The van der Waals surface area contributed by atoms with E-state index in [1.807, 2.05) is 0 Å². The van der Waals surface area contributed by atoms with E-state index in [1.165, 1.54) is 18.2 Å². The van der Waals surface area contributed by atoms with Crippen LogP contribution in [-0.4, -0.2) is 38.5 Å². The zero-order valence-corrected chi connectivity index (χ0v) is 11.4. The first-order valence-electron chi connectivity index (χ1n) is 4.86. The molecule has 1 rings (SSSR count). The molecule has 0 fully saturated rings. The fraction of sp³-hybridized carbons (Fsp3) is 0.400. The molecule has 114 valence electrons. The number of alkyl halides is 9. The summed E-state index contributed by atoms with van der Waals surface area (Å²) in [5, 5.41) is 0. The van der Waals surface area contributed by atoms with Crippen LogP contribution in [0.2, 0.25) is 0 Å². The van der Waals surface area contributed by atoms with Crippen LogP contribution in [0, 0.1) is 0 Å². The van der Waals surface area contributed by atoms with Gasteiger partial charge in [-0.3, -0.25) is 0 Å². The van der Waals surface area contributed by atoms with Gasteiger partial charge < -0.3 is 0 Å². The van der Waals surface area contributed by atoms with Crippen molar-refractivity contribution in [3.05, 3.63) is 30.3 Å². The molecule has 0 nitrogen and oxygen atoms in total. The number of halogens is 9. The van der Waals surface area contributed by atoms with Crippen molar-refractivity contribution in [2.45, 2.75) is 22.7 Å². The summed E-state index contributed by atoms with van der Waals surface area (Å²) in [5.74, 6) is -13.3. The van der Waals surface area contributed by atoms with E-state index < -0.39 is 38.5 Å². The second-order valence-electron chi connectivity index (χ2n) is 3.71. The van der Waals surface area contributed by atoms with Crippen LogP contribution in [0.15, 0.2) is 30.3 Å². The molecule has 1 atom stereocenters. The van der Waals surface area contributed by atoms with Gasteiger partial charge >= 0.3 is 113 Å². The van der Waals surface area contributed by atoms with Crippen molar-refractivity contribution in [2.24, 2.45) is 0 Å². The molecule has 20 heavy (non-hydrogen) atoms. The summed E-state index contributed by atoms with van der Waals surface area (Å²) >= 11 is -3.24. The molecule has 0 aromatic heterocycles. The molecule has 0 N–H and O–H groups in total. The number of hydrogen-bond acceptors (Lipinski definition) is 0. The Balaban J connectivity index is 3.12. The third-order valence-corrected chi connectivity index (χ3v) is 4.84. The molecule has 1 aromatic rings. The minimum absolute atomic E-state index is 0.366. The normalized spacial score (nSPS) is 15.1. The summed E-state index contributed by atoms with van der Waals surface area (Å²) in [7, 11) is 0. The predicted molar refractivity (Wildman–Crippen MR) is 54.1 cm³/mol. The van der Waals surface area contributed by atoms with Gasteiger partial charge in [-0.25, -0.2) is 0 Å². The molecular weight excluding hydrogens is 366 g/mol. The number of rotatable bonds is 4. The van der Waals surface area contributed by atoms with Gasteiger partial charge in [0.15, 0.2) is 0 Å². The first-order chi connectivity index (χ1) is 8.83. The summed E-state index contributed by atoms with van der Waals surface area (Å²) in [6, 6.07) is 5.67. The van der Waals surface area contributed by atoms with Crippen molar-refractivity contribution in [3.63, 3.8) is 0 Å². The standard InChI is InChI=1S/C10H6AsF9/c12-7(13,8(14,15)10(18,19)20)9(16,17)11-6-4-2-1-3-5-6/h1-5,11H.